The van der Waals surface area contributed by atoms with Crippen molar-refractivity contribution >= 4 is 0 Å². The SMILES string of the molecule is CCNC(Cc1cc(F)ccc1F)C1C2C3CCC(C3)C21. The molecule has 1 N–H and O–H groups in total. The van der Waals surface area contributed by atoms with Crippen LogP contribution in [0.2, 0.25) is 0 Å². The van der Waals surface area contributed by atoms with E-state index in [2.05, 4.69) is 12.2 Å². The van der Waals surface area contributed by atoms with Gasteiger partial charge in [0, 0.05) is 6.04 Å². The molecular formula is C18H23F2N. The highest BCUT2D eigenvalue weighted by atomic mass is 19.1. The summed E-state index contributed by atoms with van der Waals surface area (Å²) >= 11 is 0. The Kier molecular flexibility index (Phi) is 3.29. The van der Waals surface area contributed by atoms with E-state index in [9.17, 15) is 8.78 Å². The lowest BCUT2D eigenvalue weighted by atomic mass is 9.93. The van der Waals surface area contributed by atoms with E-state index in [1.165, 1.54) is 37.5 Å². The fraction of sp³-hybridized carbons (Fsp3) is 0.667. The van der Waals surface area contributed by atoms with Crippen molar-refractivity contribution in [3.8, 4) is 0 Å². The molecule has 3 heteroatoms. The van der Waals surface area contributed by atoms with E-state index in [1.54, 1.807) is 0 Å². The third kappa shape index (κ3) is 2.21. The van der Waals surface area contributed by atoms with Gasteiger partial charge in [-0.25, -0.2) is 8.78 Å². The predicted octanol–water partition coefficient (Wildman–Crippen LogP) is 3.78. The first-order valence-electron chi connectivity index (χ1n) is 8.36. The van der Waals surface area contributed by atoms with Crippen LogP contribution >= 0.6 is 0 Å². The largest absolute Gasteiger partial charge is 0.314 e. The molecule has 114 valence electrons. The summed E-state index contributed by atoms with van der Waals surface area (Å²) in [6.07, 6.45) is 4.85. The van der Waals surface area contributed by atoms with Gasteiger partial charge in [0.2, 0.25) is 0 Å². The zero-order valence-corrected chi connectivity index (χ0v) is 12.5. The average Bonchev–Trinajstić information content (AvgIpc) is 2.89. The summed E-state index contributed by atoms with van der Waals surface area (Å²) in [7, 11) is 0. The van der Waals surface area contributed by atoms with E-state index in [0.717, 1.165) is 30.2 Å². The summed E-state index contributed by atoms with van der Waals surface area (Å²) in [4.78, 5) is 0. The van der Waals surface area contributed by atoms with Gasteiger partial charge in [0.15, 0.2) is 0 Å². The molecule has 4 rings (SSSR count). The smallest absolute Gasteiger partial charge is 0.126 e. The highest BCUT2D eigenvalue weighted by molar-refractivity contribution is 5.23. The summed E-state index contributed by atoms with van der Waals surface area (Å²) in [5.74, 6) is 3.66. The second-order valence-corrected chi connectivity index (χ2v) is 7.17. The molecule has 0 spiro atoms. The van der Waals surface area contributed by atoms with Crippen LogP contribution in [0, 0.1) is 41.2 Å². The first-order chi connectivity index (χ1) is 10.2. The van der Waals surface area contributed by atoms with E-state index in [-0.39, 0.29) is 11.6 Å². The Hall–Kier alpha value is -0.960. The number of nitrogens with one attached hydrogen (secondary N) is 1. The molecular weight excluding hydrogens is 268 g/mol. The second-order valence-electron chi connectivity index (χ2n) is 7.17. The summed E-state index contributed by atoms with van der Waals surface area (Å²) < 4.78 is 27.3. The maximum atomic E-state index is 13.9. The number of hydrogen-bond acceptors (Lipinski definition) is 1. The molecule has 0 amide bonds. The van der Waals surface area contributed by atoms with Gasteiger partial charge in [-0.05, 0) is 85.6 Å². The zero-order chi connectivity index (χ0) is 14.6. The average molecular weight is 291 g/mol. The summed E-state index contributed by atoms with van der Waals surface area (Å²) in [6, 6.07) is 4.13. The van der Waals surface area contributed by atoms with E-state index >= 15 is 0 Å². The van der Waals surface area contributed by atoms with E-state index in [1.807, 2.05) is 0 Å². The van der Waals surface area contributed by atoms with Gasteiger partial charge in [0.1, 0.15) is 11.6 Å². The molecule has 3 fully saturated rings. The Morgan fingerprint density at radius 3 is 2.57 bits per heavy atom. The van der Waals surface area contributed by atoms with Crippen molar-refractivity contribution in [1.82, 2.24) is 5.32 Å². The predicted molar refractivity (Wildman–Crippen MR) is 78.8 cm³/mol. The third-order valence-electron chi connectivity index (χ3n) is 6.17. The topological polar surface area (TPSA) is 12.0 Å². The van der Waals surface area contributed by atoms with Gasteiger partial charge in [0.05, 0.1) is 0 Å². The lowest BCUT2D eigenvalue weighted by Gasteiger charge is -2.22. The molecule has 1 nitrogen and oxygen atoms in total. The van der Waals surface area contributed by atoms with Crippen LogP contribution in [-0.2, 0) is 6.42 Å². The monoisotopic (exact) mass is 291 g/mol. The number of benzene rings is 1. The van der Waals surface area contributed by atoms with Crippen molar-refractivity contribution in [1.29, 1.82) is 0 Å². The minimum absolute atomic E-state index is 0.270. The van der Waals surface area contributed by atoms with Gasteiger partial charge in [-0.1, -0.05) is 6.92 Å². The fourth-order valence-electron chi connectivity index (χ4n) is 5.47. The normalized spacial score (nSPS) is 37.6. The van der Waals surface area contributed by atoms with Gasteiger partial charge < -0.3 is 5.32 Å². The fourth-order valence-corrected chi connectivity index (χ4v) is 5.47. The highest BCUT2D eigenvalue weighted by Crippen LogP contribution is 2.70. The van der Waals surface area contributed by atoms with Gasteiger partial charge in [-0.15, -0.1) is 0 Å². The van der Waals surface area contributed by atoms with Crippen LogP contribution in [0.3, 0.4) is 0 Å². The molecule has 21 heavy (non-hydrogen) atoms. The molecule has 0 heterocycles. The molecule has 0 aliphatic heterocycles. The quantitative estimate of drug-likeness (QED) is 0.870. The number of rotatable bonds is 5. The Labute approximate surface area is 125 Å². The van der Waals surface area contributed by atoms with Crippen LogP contribution in [0.1, 0.15) is 31.7 Å². The van der Waals surface area contributed by atoms with Gasteiger partial charge in [0.25, 0.3) is 0 Å². The number of likely N-dealkylation sites (N-methyl/N-ethyl adjacent to an activating group) is 1. The summed E-state index contributed by atoms with van der Waals surface area (Å²) in [6.45, 7) is 2.99. The summed E-state index contributed by atoms with van der Waals surface area (Å²) in [5.41, 5.74) is 0.526. The minimum atomic E-state index is -0.335. The first kappa shape index (κ1) is 13.7. The van der Waals surface area contributed by atoms with Gasteiger partial charge in [-0.2, -0.15) is 0 Å². The van der Waals surface area contributed by atoms with Crippen LogP contribution in [0.25, 0.3) is 0 Å². The van der Waals surface area contributed by atoms with Crippen molar-refractivity contribution in [3.05, 3.63) is 35.4 Å². The van der Waals surface area contributed by atoms with Crippen molar-refractivity contribution in [2.45, 2.75) is 38.6 Å². The van der Waals surface area contributed by atoms with Crippen molar-refractivity contribution in [2.75, 3.05) is 6.54 Å². The van der Waals surface area contributed by atoms with Gasteiger partial charge in [-0.3, -0.25) is 0 Å². The van der Waals surface area contributed by atoms with Gasteiger partial charge >= 0.3 is 0 Å². The number of halogens is 2. The molecule has 0 aromatic heterocycles. The lowest BCUT2D eigenvalue weighted by Crippen LogP contribution is -2.35. The Bertz CT molecular complexity index is 528. The second kappa shape index (κ2) is 5.05. The molecule has 3 aliphatic carbocycles. The van der Waals surface area contributed by atoms with Crippen LogP contribution in [-0.4, -0.2) is 12.6 Å². The third-order valence-corrected chi connectivity index (χ3v) is 6.17. The number of fused-ring (bicyclic) bond motifs is 5. The summed E-state index contributed by atoms with van der Waals surface area (Å²) in [5, 5.41) is 3.55. The minimum Gasteiger partial charge on any atom is -0.314 e. The maximum absolute atomic E-state index is 13.9. The van der Waals surface area contributed by atoms with Crippen LogP contribution in [0.4, 0.5) is 8.78 Å². The van der Waals surface area contributed by atoms with E-state index < -0.39 is 0 Å². The molecule has 5 atom stereocenters. The molecule has 2 bridgehead atoms. The first-order valence-corrected chi connectivity index (χ1v) is 8.36. The highest BCUT2D eigenvalue weighted by Gasteiger charge is 2.66. The molecule has 0 radical (unpaired) electrons. The van der Waals surface area contributed by atoms with Crippen LogP contribution < -0.4 is 5.32 Å². The molecule has 3 saturated carbocycles. The number of hydrogen-bond donors (Lipinski definition) is 1. The van der Waals surface area contributed by atoms with Crippen LogP contribution in [0.5, 0.6) is 0 Å². The van der Waals surface area contributed by atoms with Crippen LogP contribution in [0.15, 0.2) is 18.2 Å². The Balaban J connectivity index is 1.52. The molecule has 1 aromatic rings. The lowest BCUT2D eigenvalue weighted by molar-refractivity contribution is 0.362. The Morgan fingerprint density at radius 2 is 1.90 bits per heavy atom. The van der Waals surface area contributed by atoms with Crippen molar-refractivity contribution < 1.29 is 8.78 Å². The zero-order valence-electron chi connectivity index (χ0n) is 12.5. The molecule has 3 aliphatic rings. The van der Waals surface area contributed by atoms with E-state index in [0.29, 0.717) is 23.9 Å². The maximum Gasteiger partial charge on any atom is 0.126 e. The van der Waals surface area contributed by atoms with Crippen molar-refractivity contribution in [2.24, 2.45) is 29.6 Å². The van der Waals surface area contributed by atoms with E-state index in [4.69, 9.17) is 0 Å². The molecule has 5 unspecified atom stereocenters. The molecule has 1 aromatic carbocycles. The standard InChI is InChI=1S/C18H23F2N/c1-2-21-15(9-12-8-13(19)5-6-14(12)20)18-16-10-3-4-11(7-10)17(16)18/h5-6,8,10-11,15-18,21H,2-4,7,9H2,1H3. The Morgan fingerprint density at radius 1 is 1.19 bits per heavy atom. The van der Waals surface area contributed by atoms with Crippen molar-refractivity contribution in [3.63, 3.8) is 0 Å². The molecule has 0 saturated heterocycles.